The minimum atomic E-state index is -0.558. The molecular formula is C16H13NO5. The quantitative estimate of drug-likeness (QED) is 0.638. The minimum Gasteiger partial charge on any atom is -0.472 e. The van der Waals surface area contributed by atoms with Crippen LogP contribution in [0.2, 0.25) is 0 Å². The number of rotatable bonds is 4. The smallest absolute Gasteiger partial charge is 0.341 e. The van der Waals surface area contributed by atoms with Crippen molar-refractivity contribution in [3.8, 4) is 0 Å². The van der Waals surface area contributed by atoms with Crippen molar-refractivity contribution < 1.29 is 23.5 Å². The summed E-state index contributed by atoms with van der Waals surface area (Å²) in [5, 5.41) is 0. The van der Waals surface area contributed by atoms with Gasteiger partial charge in [0.15, 0.2) is 0 Å². The number of carbonyl (C=O) groups excluding carboxylic acids is 3. The Labute approximate surface area is 126 Å². The Morgan fingerprint density at radius 2 is 1.82 bits per heavy atom. The second-order valence-electron chi connectivity index (χ2n) is 4.99. The first-order valence-electron chi connectivity index (χ1n) is 6.76. The van der Waals surface area contributed by atoms with Crippen LogP contribution in [0, 0.1) is 0 Å². The van der Waals surface area contributed by atoms with Crippen molar-refractivity contribution in [2.45, 2.75) is 13.0 Å². The highest BCUT2D eigenvalue weighted by atomic mass is 16.5. The summed E-state index contributed by atoms with van der Waals surface area (Å²) in [4.78, 5) is 37.4. The molecule has 0 N–H and O–H groups in total. The number of imide groups is 1. The van der Waals surface area contributed by atoms with Gasteiger partial charge in [0.2, 0.25) is 0 Å². The molecule has 112 valence electrons. The lowest BCUT2D eigenvalue weighted by Crippen LogP contribution is -2.41. The highest BCUT2D eigenvalue weighted by molar-refractivity contribution is 6.21. The zero-order valence-corrected chi connectivity index (χ0v) is 11.8. The van der Waals surface area contributed by atoms with E-state index in [2.05, 4.69) is 0 Å². The fourth-order valence-corrected chi connectivity index (χ4v) is 2.34. The highest BCUT2D eigenvalue weighted by Gasteiger charge is 2.38. The van der Waals surface area contributed by atoms with E-state index in [1.807, 2.05) is 0 Å². The Bertz CT molecular complexity index is 700. The molecule has 0 saturated carbocycles. The molecule has 2 aromatic rings. The van der Waals surface area contributed by atoms with E-state index in [0.717, 1.165) is 4.90 Å². The predicted octanol–water partition coefficient (Wildman–Crippen LogP) is 2.12. The van der Waals surface area contributed by atoms with Crippen LogP contribution in [-0.4, -0.2) is 35.3 Å². The number of hydrogen-bond acceptors (Lipinski definition) is 5. The van der Waals surface area contributed by atoms with Crippen LogP contribution in [0.3, 0.4) is 0 Å². The van der Waals surface area contributed by atoms with Crippen LogP contribution in [-0.2, 0) is 4.74 Å². The van der Waals surface area contributed by atoms with E-state index in [4.69, 9.17) is 9.15 Å². The fraction of sp³-hybridized carbons (Fsp3) is 0.188. The standard InChI is InChI=1S/C16H13NO5/c1-10(8-22-16(20)11-6-7-21-9-11)17-14(18)12-4-2-3-5-13(12)15(17)19/h2-7,9-10H,8H2,1H3. The summed E-state index contributed by atoms with van der Waals surface area (Å²) in [7, 11) is 0. The van der Waals surface area contributed by atoms with E-state index in [9.17, 15) is 14.4 Å². The summed E-state index contributed by atoms with van der Waals surface area (Å²) in [5.74, 6) is -1.29. The van der Waals surface area contributed by atoms with Gasteiger partial charge in [-0.15, -0.1) is 0 Å². The molecule has 2 heterocycles. The molecule has 1 aromatic heterocycles. The van der Waals surface area contributed by atoms with Gasteiger partial charge in [-0.25, -0.2) is 4.79 Å². The lowest BCUT2D eigenvalue weighted by molar-refractivity contribution is 0.0328. The van der Waals surface area contributed by atoms with Crippen molar-refractivity contribution in [2.75, 3.05) is 6.61 Å². The molecule has 0 radical (unpaired) electrons. The highest BCUT2D eigenvalue weighted by Crippen LogP contribution is 2.24. The number of esters is 1. The van der Waals surface area contributed by atoms with Gasteiger partial charge < -0.3 is 9.15 Å². The number of furan rings is 1. The van der Waals surface area contributed by atoms with Gasteiger partial charge in [0.05, 0.1) is 29.0 Å². The molecule has 1 unspecified atom stereocenters. The normalized spacial score (nSPS) is 14.9. The van der Waals surface area contributed by atoms with E-state index >= 15 is 0 Å². The zero-order chi connectivity index (χ0) is 15.7. The first kappa shape index (κ1) is 14.1. The van der Waals surface area contributed by atoms with Crippen molar-refractivity contribution in [1.29, 1.82) is 0 Å². The van der Waals surface area contributed by atoms with Crippen molar-refractivity contribution in [2.24, 2.45) is 0 Å². The number of benzene rings is 1. The second kappa shape index (κ2) is 5.48. The maximum absolute atomic E-state index is 12.3. The van der Waals surface area contributed by atoms with Crippen molar-refractivity contribution in [3.05, 3.63) is 59.5 Å². The third kappa shape index (κ3) is 2.28. The van der Waals surface area contributed by atoms with Crippen LogP contribution in [0.15, 0.2) is 47.3 Å². The van der Waals surface area contributed by atoms with E-state index < -0.39 is 12.0 Å². The molecule has 1 aliphatic rings. The molecule has 1 aromatic carbocycles. The maximum Gasteiger partial charge on any atom is 0.341 e. The summed E-state index contributed by atoms with van der Waals surface area (Å²) < 4.78 is 9.91. The van der Waals surface area contributed by atoms with E-state index in [1.54, 1.807) is 31.2 Å². The molecule has 3 rings (SSSR count). The second-order valence-corrected chi connectivity index (χ2v) is 4.99. The van der Waals surface area contributed by atoms with E-state index in [-0.39, 0.29) is 24.0 Å². The van der Waals surface area contributed by atoms with Crippen LogP contribution in [0.4, 0.5) is 0 Å². The molecule has 1 aliphatic heterocycles. The lowest BCUT2D eigenvalue weighted by atomic mass is 10.1. The molecule has 1 atom stereocenters. The van der Waals surface area contributed by atoms with E-state index in [1.165, 1.54) is 18.6 Å². The van der Waals surface area contributed by atoms with Crippen LogP contribution in [0.5, 0.6) is 0 Å². The Morgan fingerprint density at radius 1 is 1.18 bits per heavy atom. The third-order valence-corrected chi connectivity index (χ3v) is 3.48. The van der Waals surface area contributed by atoms with Gasteiger partial charge in [-0.3, -0.25) is 14.5 Å². The van der Waals surface area contributed by atoms with Crippen molar-refractivity contribution >= 4 is 17.8 Å². The van der Waals surface area contributed by atoms with Crippen LogP contribution in [0.25, 0.3) is 0 Å². The number of carbonyl (C=O) groups is 3. The van der Waals surface area contributed by atoms with Gasteiger partial charge in [-0.2, -0.15) is 0 Å². The molecule has 6 heteroatoms. The van der Waals surface area contributed by atoms with Gasteiger partial charge in [0.25, 0.3) is 11.8 Å². The number of hydrogen-bond donors (Lipinski definition) is 0. The fourth-order valence-electron chi connectivity index (χ4n) is 2.34. The lowest BCUT2D eigenvalue weighted by Gasteiger charge is -2.21. The number of ether oxygens (including phenoxy) is 1. The summed E-state index contributed by atoms with van der Waals surface area (Å²) in [6.45, 7) is 1.58. The molecule has 6 nitrogen and oxygen atoms in total. The van der Waals surface area contributed by atoms with Crippen LogP contribution >= 0.6 is 0 Å². The van der Waals surface area contributed by atoms with Gasteiger partial charge >= 0.3 is 5.97 Å². The number of fused-ring (bicyclic) bond motifs is 1. The monoisotopic (exact) mass is 299 g/mol. The van der Waals surface area contributed by atoms with Crippen LogP contribution in [0.1, 0.15) is 38.0 Å². The van der Waals surface area contributed by atoms with Gasteiger partial charge in [-0.1, -0.05) is 12.1 Å². The Morgan fingerprint density at radius 3 is 2.36 bits per heavy atom. The molecule has 0 fully saturated rings. The molecule has 0 saturated heterocycles. The topological polar surface area (TPSA) is 76.8 Å². The molecular weight excluding hydrogens is 286 g/mol. The summed E-state index contributed by atoms with van der Waals surface area (Å²) in [6.07, 6.45) is 2.64. The Balaban J connectivity index is 1.69. The SMILES string of the molecule is CC(COC(=O)c1ccoc1)N1C(=O)c2ccccc2C1=O. The third-order valence-electron chi connectivity index (χ3n) is 3.48. The first-order chi connectivity index (χ1) is 10.6. The first-order valence-corrected chi connectivity index (χ1v) is 6.76. The average molecular weight is 299 g/mol. The largest absolute Gasteiger partial charge is 0.472 e. The molecule has 0 bridgehead atoms. The van der Waals surface area contributed by atoms with Gasteiger partial charge in [-0.05, 0) is 25.1 Å². The predicted molar refractivity (Wildman–Crippen MR) is 75.4 cm³/mol. The number of nitrogens with zero attached hydrogens (tertiary/aromatic N) is 1. The van der Waals surface area contributed by atoms with Crippen molar-refractivity contribution in [3.63, 3.8) is 0 Å². The Hall–Kier alpha value is -2.89. The van der Waals surface area contributed by atoms with Crippen molar-refractivity contribution in [1.82, 2.24) is 4.90 Å². The van der Waals surface area contributed by atoms with Gasteiger partial charge in [0.1, 0.15) is 12.9 Å². The molecule has 0 aliphatic carbocycles. The molecule has 0 spiro atoms. The summed E-state index contributed by atoms with van der Waals surface area (Å²) in [6, 6.07) is 7.56. The molecule has 2 amide bonds. The number of amides is 2. The summed E-state index contributed by atoms with van der Waals surface area (Å²) in [5.41, 5.74) is 1.04. The zero-order valence-electron chi connectivity index (χ0n) is 11.8. The molecule has 22 heavy (non-hydrogen) atoms. The average Bonchev–Trinajstić information content (AvgIpc) is 3.14. The minimum absolute atomic E-state index is 0.0739. The van der Waals surface area contributed by atoms with E-state index in [0.29, 0.717) is 11.1 Å². The van der Waals surface area contributed by atoms with Crippen LogP contribution < -0.4 is 0 Å². The summed E-state index contributed by atoms with van der Waals surface area (Å²) >= 11 is 0. The van der Waals surface area contributed by atoms with Gasteiger partial charge in [0, 0.05) is 0 Å². The maximum atomic E-state index is 12.3. The Kier molecular flexibility index (Phi) is 3.50.